The molecule has 1 aliphatic heterocycles. The molecule has 9 heteroatoms. The van der Waals surface area contributed by atoms with Crippen LogP contribution in [0.3, 0.4) is 0 Å². The standard InChI is InChI=1S/C21H22N6O3/c1-14-5-3-6-15(19(14)29-2)20(28)27-9-10-30-17(13-27)16-11-22-12-18(25-16)26-21-23-7-4-8-24-21/h3-8,11-12,17H,9-10,13H2,1-2H3,(H,23,24,25,26). The van der Waals surface area contributed by atoms with Crippen LogP contribution in [0.15, 0.2) is 49.1 Å². The van der Waals surface area contributed by atoms with Crippen molar-refractivity contribution >= 4 is 17.7 Å². The van der Waals surface area contributed by atoms with Gasteiger partial charge in [-0.05, 0) is 24.6 Å². The summed E-state index contributed by atoms with van der Waals surface area (Å²) in [4.78, 5) is 31.9. The molecule has 3 aromatic rings. The molecule has 1 N–H and O–H groups in total. The van der Waals surface area contributed by atoms with Gasteiger partial charge in [0.15, 0.2) is 5.82 Å². The smallest absolute Gasteiger partial charge is 0.257 e. The van der Waals surface area contributed by atoms with Crippen LogP contribution in [0.5, 0.6) is 5.75 Å². The Kier molecular flexibility index (Phi) is 5.80. The first-order chi connectivity index (χ1) is 14.7. The number of nitrogens with zero attached hydrogens (tertiary/aromatic N) is 5. The van der Waals surface area contributed by atoms with Crippen molar-refractivity contribution in [1.29, 1.82) is 0 Å². The second-order valence-corrected chi connectivity index (χ2v) is 6.79. The van der Waals surface area contributed by atoms with E-state index in [0.29, 0.717) is 48.5 Å². The number of nitrogens with one attached hydrogen (secondary N) is 1. The van der Waals surface area contributed by atoms with E-state index in [1.807, 2.05) is 19.1 Å². The lowest BCUT2D eigenvalue weighted by atomic mass is 10.1. The number of amides is 1. The molecule has 0 spiro atoms. The van der Waals surface area contributed by atoms with Gasteiger partial charge in [0, 0.05) is 18.9 Å². The normalized spacial score (nSPS) is 16.2. The SMILES string of the molecule is COc1c(C)cccc1C(=O)N1CCOC(c2cncc(Nc3ncccn3)n2)C1. The summed E-state index contributed by atoms with van der Waals surface area (Å²) in [7, 11) is 1.58. The summed E-state index contributed by atoms with van der Waals surface area (Å²) >= 11 is 0. The highest BCUT2D eigenvalue weighted by Gasteiger charge is 2.29. The van der Waals surface area contributed by atoms with Gasteiger partial charge in [0.2, 0.25) is 5.95 Å². The Balaban J connectivity index is 1.51. The Morgan fingerprint density at radius 2 is 2.07 bits per heavy atom. The predicted molar refractivity (Wildman–Crippen MR) is 110 cm³/mol. The first-order valence-corrected chi connectivity index (χ1v) is 9.56. The van der Waals surface area contributed by atoms with E-state index >= 15 is 0 Å². The van der Waals surface area contributed by atoms with Crippen LogP contribution >= 0.6 is 0 Å². The minimum atomic E-state index is -0.385. The molecule has 1 amide bonds. The van der Waals surface area contributed by atoms with Crippen molar-refractivity contribution in [3.8, 4) is 5.75 Å². The molecular weight excluding hydrogens is 384 g/mol. The van der Waals surface area contributed by atoms with Crippen LogP contribution in [0.1, 0.15) is 27.7 Å². The molecule has 0 bridgehead atoms. The molecule has 1 aromatic carbocycles. The van der Waals surface area contributed by atoms with Gasteiger partial charge in [0.25, 0.3) is 5.91 Å². The van der Waals surface area contributed by atoms with Crippen molar-refractivity contribution in [2.45, 2.75) is 13.0 Å². The summed E-state index contributed by atoms with van der Waals surface area (Å²) < 4.78 is 11.3. The van der Waals surface area contributed by atoms with Gasteiger partial charge >= 0.3 is 0 Å². The minimum Gasteiger partial charge on any atom is -0.496 e. The van der Waals surface area contributed by atoms with Gasteiger partial charge in [-0.2, -0.15) is 0 Å². The molecule has 2 aromatic heterocycles. The van der Waals surface area contributed by atoms with E-state index in [2.05, 4.69) is 25.3 Å². The Hall–Kier alpha value is -3.59. The average molecular weight is 406 g/mol. The van der Waals surface area contributed by atoms with Crippen LogP contribution < -0.4 is 10.1 Å². The van der Waals surface area contributed by atoms with Gasteiger partial charge in [-0.25, -0.2) is 15.0 Å². The van der Waals surface area contributed by atoms with Crippen LogP contribution in [0.4, 0.5) is 11.8 Å². The summed E-state index contributed by atoms with van der Waals surface area (Å²) in [6.45, 7) is 3.19. The second-order valence-electron chi connectivity index (χ2n) is 6.79. The molecule has 1 saturated heterocycles. The third-order valence-corrected chi connectivity index (χ3v) is 4.79. The first kappa shape index (κ1) is 19.7. The molecule has 0 aliphatic carbocycles. The topological polar surface area (TPSA) is 102 Å². The van der Waals surface area contributed by atoms with E-state index in [9.17, 15) is 4.79 Å². The van der Waals surface area contributed by atoms with Crippen molar-refractivity contribution in [1.82, 2.24) is 24.8 Å². The Bertz CT molecular complexity index is 1030. The van der Waals surface area contributed by atoms with Gasteiger partial charge in [-0.3, -0.25) is 9.78 Å². The van der Waals surface area contributed by atoms with Crippen molar-refractivity contribution in [2.75, 3.05) is 32.1 Å². The number of carbonyl (C=O) groups is 1. The molecule has 0 saturated carbocycles. The first-order valence-electron chi connectivity index (χ1n) is 9.56. The number of carbonyl (C=O) groups excluding carboxylic acids is 1. The lowest BCUT2D eigenvalue weighted by molar-refractivity contribution is -0.0249. The van der Waals surface area contributed by atoms with E-state index in [-0.39, 0.29) is 12.0 Å². The Morgan fingerprint density at radius 1 is 1.23 bits per heavy atom. The number of hydrogen-bond donors (Lipinski definition) is 1. The maximum absolute atomic E-state index is 13.1. The van der Waals surface area contributed by atoms with E-state index < -0.39 is 0 Å². The fourth-order valence-corrected chi connectivity index (χ4v) is 3.35. The highest BCUT2D eigenvalue weighted by molar-refractivity contribution is 5.97. The lowest BCUT2D eigenvalue weighted by Crippen LogP contribution is -2.42. The molecule has 1 unspecified atom stereocenters. The van der Waals surface area contributed by atoms with Gasteiger partial charge < -0.3 is 19.7 Å². The number of rotatable bonds is 5. The zero-order valence-corrected chi connectivity index (χ0v) is 16.8. The lowest BCUT2D eigenvalue weighted by Gasteiger charge is -2.33. The summed E-state index contributed by atoms with van der Waals surface area (Å²) in [5.74, 6) is 1.44. The van der Waals surface area contributed by atoms with E-state index in [4.69, 9.17) is 9.47 Å². The highest BCUT2D eigenvalue weighted by Crippen LogP contribution is 2.27. The zero-order valence-electron chi connectivity index (χ0n) is 16.8. The molecule has 30 heavy (non-hydrogen) atoms. The maximum atomic E-state index is 13.1. The molecule has 0 radical (unpaired) electrons. The zero-order chi connectivity index (χ0) is 20.9. The van der Waals surface area contributed by atoms with Crippen LogP contribution in [0.25, 0.3) is 0 Å². The monoisotopic (exact) mass is 406 g/mol. The fourth-order valence-electron chi connectivity index (χ4n) is 3.35. The summed E-state index contributed by atoms with van der Waals surface area (Å²) in [6.07, 6.45) is 6.12. The van der Waals surface area contributed by atoms with Crippen LogP contribution in [-0.4, -0.2) is 57.5 Å². The number of morpholine rings is 1. The molecule has 9 nitrogen and oxygen atoms in total. The molecule has 4 rings (SSSR count). The van der Waals surface area contributed by atoms with Crippen molar-refractivity contribution in [3.05, 3.63) is 65.9 Å². The fraction of sp³-hybridized carbons (Fsp3) is 0.286. The van der Waals surface area contributed by atoms with Gasteiger partial charge in [-0.15, -0.1) is 0 Å². The third kappa shape index (κ3) is 4.20. The number of benzene rings is 1. The van der Waals surface area contributed by atoms with Crippen LogP contribution in [-0.2, 0) is 4.74 Å². The largest absolute Gasteiger partial charge is 0.496 e. The van der Waals surface area contributed by atoms with Gasteiger partial charge in [0.1, 0.15) is 11.9 Å². The van der Waals surface area contributed by atoms with E-state index in [0.717, 1.165) is 5.56 Å². The maximum Gasteiger partial charge on any atom is 0.257 e. The third-order valence-electron chi connectivity index (χ3n) is 4.79. The van der Waals surface area contributed by atoms with E-state index in [1.54, 1.807) is 48.9 Å². The summed E-state index contributed by atoms with van der Waals surface area (Å²) in [5, 5.41) is 3.02. The average Bonchev–Trinajstić information content (AvgIpc) is 2.79. The number of methoxy groups -OCH3 is 1. The number of hydrogen-bond acceptors (Lipinski definition) is 8. The molecule has 3 heterocycles. The Morgan fingerprint density at radius 3 is 2.87 bits per heavy atom. The minimum absolute atomic E-state index is 0.0937. The molecule has 1 aliphatic rings. The van der Waals surface area contributed by atoms with E-state index in [1.165, 1.54) is 0 Å². The van der Waals surface area contributed by atoms with Gasteiger partial charge in [-0.1, -0.05) is 12.1 Å². The number of ether oxygens (including phenoxy) is 2. The number of aromatic nitrogens is 4. The van der Waals surface area contributed by atoms with Crippen molar-refractivity contribution < 1.29 is 14.3 Å². The number of para-hydroxylation sites is 1. The van der Waals surface area contributed by atoms with Crippen LogP contribution in [0, 0.1) is 6.92 Å². The number of aryl methyl sites for hydroxylation is 1. The van der Waals surface area contributed by atoms with Crippen molar-refractivity contribution in [2.24, 2.45) is 0 Å². The highest BCUT2D eigenvalue weighted by atomic mass is 16.5. The van der Waals surface area contributed by atoms with Crippen molar-refractivity contribution in [3.63, 3.8) is 0 Å². The Labute approximate surface area is 174 Å². The molecule has 1 fully saturated rings. The summed E-state index contributed by atoms with van der Waals surface area (Å²) in [5.41, 5.74) is 2.09. The second kappa shape index (κ2) is 8.83. The summed E-state index contributed by atoms with van der Waals surface area (Å²) in [6, 6.07) is 7.29. The molecular formula is C21H22N6O3. The molecule has 154 valence electrons. The van der Waals surface area contributed by atoms with Gasteiger partial charge in [0.05, 0.1) is 43.9 Å². The molecule has 1 atom stereocenters. The predicted octanol–water partition coefficient (Wildman–Crippen LogP) is 2.54. The van der Waals surface area contributed by atoms with Crippen LogP contribution in [0.2, 0.25) is 0 Å². The number of anilines is 2. The quantitative estimate of drug-likeness (QED) is 0.690.